The van der Waals surface area contributed by atoms with Gasteiger partial charge in [0.05, 0.1) is 13.2 Å². The van der Waals surface area contributed by atoms with E-state index in [0.717, 1.165) is 30.2 Å². The van der Waals surface area contributed by atoms with Crippen molar-refractivity contribution in [1.29, 1.82) is 0 Å². The third kappa shape index (κ3) is 3.79. The normalized spacial score (nSPS) is 16.1. The Kier molecular flexibility index (Phi) is 5.20. The lowest BCUT2D eigenvalue weighted by molar-refractivity contribution is 0.0909. The molecule has 3 rings (SSSR count). The summed E-state index contributed by atoms with van der Waals surface area (Å²) in [7, 11) is 1.67. The molecule has 1 fully saturated rings. The maximum absolute atomic E-state index is 12.3. The molecule has 1 unspecified atom stereocenters. The highest BCUT2D eigenvalue weighted by Crippen LogP contribution is 2.27. The number of nitrogens with one attached hydrogen (secondary N) is 1. The van der Waals surface area contributed by atoms with E-state index >= 15 is 0 Å². The number of rotatable bonds is 6. The minimum atomic E-state index is -0.171. The molecule has 1 atom stereocenters. The lowest BCUT2D eigenvalue weighted by atomic mass is 10.0. The minimum Gasteiger partial charge on any atom is -0.497 e. The molecule has 2 aromatic rings. The first-order chi connectivity index (χ1) is 11.7. The van der Waals surface area contributed by atoms with Crippen molar-refractivity contribution < 1.29 is 13.9 Å². The van der Waals surface area contributed by atoms with E-state index < -0.39 is 0 Å². The minimum absolute atomic E-state index is 0.141. The molecule has 0 aliphatic carbocycles. The first-order valence-corrected chi connectivity index (χ1v) is 8.40. The number of likely N-dealkylation sites (tertiary alicyclic amines) is 1. The average Bonchev–Trinajstić information content (AvgIpc) is 3.27. The van der Waals surface area contributed by atoms with Crippen molar-refractivity contribution in [2.24, 2.45) is 0 Å². The van der Waals surface area contributed by atoms with Gasteiger partial charge in [-0.05, 0) is 62.7 Å². The van der Waals surface area contributed by atoms with E-state index in [1.54, 1.807) is 19.2 Å². The fraction of sp³-hybridized carbons (Fsp3) is 0.421. The van der Waals surface area contributed by atoms with Gasteiger partial charge in [-0.2, -0.15) is 0 Å². The standard InChI is InChI=1S/C19H24N2O3/c1-14-8-9-18(24-14)19(22)20-13-17(21-10-3-4-11-21)15-6-5-7-16(12-15)23-2/h5-9,12,17H,3-4,10-11,13H2,1-2H3,(H,20,22). The largest absolute Gasteiger partial charge is 0.497 e. The number of nitrogens with zero attached hydrogens (tertiary/aromatic N) is 1. The Balaban J connectivity index is 1.73. The van der Waals surface area contributed by atoms with Gasteiger partial charge in [0, 0.05) is 6.54 Å². The molecule has 0 radical (unpaired) electrons. The van der Waals surface area contributed by atoms with Gasteiger partial charge in [0.15, 0.2) is 5.76 Å². The first kappa shape index (κ1) is 16.6. The molecule has 5 heteroatoms. The number of aryl methyl sites for hydroxylation is 1. The number of ether oxygens (including phenoxy) is 1. The molecule has 1 aliphatic heterocycles. The number of furan rings is 1. The van der Waals surface area contributed by atoms with E-state index in [2.05, 4.69) is 16.3 Å². The van der Waals surface area contributed by atoms with Crippen LogP contribution < -0.4 is 10.1 Å². The van der Waals surface area contributed by atoms with Crippen LogP contribution in [-0.4, -0.2) is 37.6 Å². The highest BCUT2D eigenvalue weighted by atomic mass is 16.5. The van der Waals surface area contributed by atoms with Crippen LogP contribution in [0.2, 0.25) is 0 Å². The van der Waals surface area contributed by atoms with Gasteiger partial charge in [0.25, 0.3) is 5.91 Å². The number of hydrogen-bond acceptors (Lipinski definition) is 4. The van der Waals surface area contributed by atoms with Crippen LogP contribution >= 0.6 is 0 Å². The maximum Gasteiger partial charge on any atom is 0.287 e. The number of methoxy groups -OCH3 is 1. The fourth-order valence-corrected chi connectivity index (χ4v) is 3.19. The van der Waals surface area contributed by atoms with Gasteiger partial charge < -0.3 is 14.5 Å². The highest BCUT2D eigenvalue weighted by Gasteiger charge is 2.24. The molecule has 128 valence electrons. The molecule has 1 saturated heterocycles. The van der Waals surface area contributed by atoms with Crippen LogP contribution in [0.15, 0.2) is 40.8 Å². The summed E-state index contributed by atoms with van der Waals surface area (Å²) in [6, 6.07) is 11.7. The van der Waals surface area contributed by atoms with Crippen LogP contribution in [0, 0.1) is 6.92 Å². The summed E-state index contributed by atoms with van der Waals surface area (Å²) < 4.78 is 10.7. The van der Waals surface area contributed by atoms with Crippen LogP contribution in [0.25, 0.3) is 0 Å². The van der Waals surface area contributed by atoms with Crippen LogP contribution in [0.1, 0.15) is 40.8 Å². The maximum atomic E-state index is 12.3. The third-order valence-corrected chi connectivity index (χ3v) is 4.48. The number of carbonyl (C=O) groups excluding carboxylic acids is 1. The van der Waals surface area contributed by atoms with Crippen LogP contribution in [-0.2, 0) is 0 Å². The van der Waals surface area contributed by atoms with Gasteiger partial charge in [-0.15, -0.1) is 0 Å². The molecule has 1 N–H and O–H groups in total. The van der Waals surface area contributed by atoms with E-state index in [1.807, 2.05) is 25.1 Å². The quantitative estimate of drug-likeness (QED) is 0.885. The molecular weight excluding hydrogens is 304 g/mol. The molecule has 1 aromatic heterocycles. The Morgan fingerprint density at radius 2 is 2.08 bits per heavy atom. The molecule has 1 aliphatic rings. The molecule has 0 bridgehead atoms. The molecule has 1 aromatic carbocycles. The molecule has 1 amide bonds. The molecule has 2 heterocycles. The Bertz CT molecular complexity index is 689. The summed E-state index contributed by atoms with van der Waals surface area (Å²) in [6.45, 7) is 4.49. The SMILES string of the molecule is COc1cccc(C(CNC(=O)c2ccc(C)o2)N2CCCC2)c1. The average molecular weight is 328 g/mol. The Hall–Kier alpha value is -2.27. The summed E-state index contributed by atoms with van der Waals surface area (Å²) in [5.74, 6) is 1.77. The molecule has 0 spiro atoms. The van der Waals surface area contributed by atoms with Gasteiger partial charge in [-0.3, -0.25) is 9.69 Å². The number of amides is 1. The van der Waals surface area contributed by atoms with Gasteiger partial charge in [-0.1, -0.05) is 12.1 Å². The van der Waals surface area contributed by atoms with Crippen molar-refractivity contribution in [2.45, 2.75) is 25.8 Å². The first-order valence-electron chi connectivity index (χ1n) is 8.40. The van der Waals surface area contributed by atoms with Crippen molar-refractivity contribution in [3.63, 3.8) is 0 Å². The topological polar surface area (TPSA) is 54.7 Å². The van der Waals surface area contributed by atoms with E-state index in [-0.39, 0.29) is 11.9 Å². The van der Waals surface area contributed by atoms with Crippen molar-refractivity contribution in [3.8, 4) is 5.75 Å². The zero-order valence-electron chi connectivity index (χ0n) is 14.2. The molecular formula is C19H24N2O3. The number of hydrogen-bond donors (Lipinski definition) is 1. The monoisotopic (exact) mass is 328 g/mol. The second-order valence-corrected chi connectivity index (χ2v) is 6.16. The zero-order chi connectivity index (χ0) is 16.9. The predicted octanol–water partition coefficient (Wildman–Crippen LogP) is 3.16. The van der Waals surface area contributed by atoms with Crippen molar-refractivity contribution in [2.75, 3.05) is 26.7 Å². The smallest absolute Gasteiger partial charge is 0.287 e. The Labute approximate surface area is 142 Å². The molecule has 0 saturated carbocycles. The fourth-order valence-electron chi connectivity index (χ4n) is 3.19. The summed E-state index contributed by atoms with van der Waals surface area (Å²) in [5.41, 5.74) is 1.16. The van der Waals surface area contributed by atoms with Crippen molar-refractivity contribution in [1.82, 2.24) is 10.2 Å². The third-order valence-electron chi connectivity index (χ3n) is 4.48. The Morgan fingerprint density at radius 3 is 2.75 bits per heavy atom. The second kappa shape index (κ2) is 7.53. The number of benzene rings is 1. The van der Waals surface area contributed by atoms with Crippen LogP contribution in [0.5, 0.6) is 5.75 Å². The Morgan fingerprint density at radius 1 is 1.29 bits per heavy atom. The summed E-state index contributed by atoms with van der Waals surface area (Å²) in [4.78, 5) is 14.7. The van der Waals surface area contributed by atoms with Gasteiger partial charge >= 0.3 is 0 Å². The lowest BCUT2D eigenvalue weighted by Crippen LogP contribution is -2.36. The van der Waals surface area contributed by atoms with E-state index in [4.69, 9.17) is 9.15 Å². The predicted molar refractivity (Wildman–Crippen MR) is 92.3 cm³/mol. The summed E-state index contributed by atoms with van der Waals surface area (Å²) in [6.07, 6.45) is 2.40. The summed E-state index contributed by atoms with van der Waals surface area (Å²) >= 11 is 0. The van der Waals surface area contributed by atoms with Crippen LogP contribution in [0.4, 0.5) is 0 Å². The van der Waals surface area contributed by atoms with E-state index in [0.29, 0.717) is 12.3 Å². The van der Waals surface area contributed by atoms with Gasteiger partial charge in [0.2, 0.25) is 0 Å². The van der Waals surface area contributed by atoms with Crippen LogP contribution in [0.3, 0.4) is 0 Å². The van der Waals surface area contributed by atoms with Crippen molar-refractivity contribution in [3.05, 3.63) is 53.5 Å². The zero-order valence-corrected chi connectivity index (χ0v) is 14.2. The van der Waals surface area contributed by atoms with E-state index in [1.165, 1.54) is 12.8 Å². The highest BCUT2D eigenvalue weighted by molar-refractivity contribution is 5.91. The van der Waals surface area contributed by atoms with Gasteiger partial charge in [0.1, 0.15) is 11.5 Å². The summed E-state index contributed by atoms with van der Waals surface area (Å²) in [5, 5.41) is 3.01. The van der Waals surface area contributed by atoms with Gasteiger partial charge in [-0.25, -0.2) is 0 Å². The number of carbonyl (C=O) groups is 1. The lowest BCUT2D eigenvalue weighted by Gasteiger charge is -2.28. The van der Waals surface area contributed by atoms with Crippen molar-refractivity contribution >= 4 is 5.91 Å². The second-order valence-electron chi connectivity index (χ2n) is 6.16. The van der Waals surface area contributed by atoms with E-state index in [9.17, 15) is 4.79 Å². The molecule has 24 heavy (non-hydrogen) atoms. The molecule has 5 nitrogen and oxygen atoms in total.